The number of alkyl carbamates (subject to hydrolysis) is 1. The van der Waals surface area contributed by atoms with Crippen molar-refractivity contribution in [1.29, 1.82) is 0 Å². The fourth-order valence-corrected chi connectivity index (χ4v) is 8.26. The van der Waals surface area contributed by atoms with E-state index in [9.17, 15) is 19.5 Å². The molecule has 9 nitrogen and oxygen atoms in total. The van der Waals surface area contributed by atoms with Crippen LogP contribution in [-0.2, 0) is 28.5 Å². The number of esters is 2. The van der Waals surface area contributed by atoms with Gasteiger partial charge in [0.05, 0.1) is 11.5 Å². The number of carbonyl (C=O) groups excluding carboxylic acids is 3. The number of carbonyl (C=O) groups is 3. The molecular formula is C29H37NO8. The van der Waals surface area contributed by atoms with Gasteiger partial charge in [0, 0.05) is 5.92 Å². The highest BCUT2D eigenvalue weighted by Gasteiger charge is 3.01. The number of amides is 1. The van der Waals surface area contributed by atoms with Gasteiger partial charge in [-0.3, -0.25) is 4.79 Å². The Morgan fingerprint density at radius 2 is 1.82 bits per heavy atom. The van der Waals surface area contributed by atoms with Gasteiger partial charge in [-0.15, -0.1) is 0 Å². The number of cyclic esters (lactones) is 1. The predicted molar refractivity (Wildman–Crippen MR) is 134 cm³/mol. The first-order valence-corrected chi connectivity index (χ1v) is 13.4. The number of aliphatic hydroxyl groups excluding tert-OH is 1. The highest BCUT2D eigenvalue weighted by atomic mass is 16.7. The van der Waals surface area contributed by atoms with Gasteiger partial charge in [-0.1, -0.05) is 44.2 Å². The first-order valence-electron chi connectivity index (χ1n) is 13.4. The zero-order chi connectivity index (χ0) is 27.5. The molecule has 2 heterocycles. The van der Waals surface area contributed by atoms with E-state index in [2.05, 4.69) is 19.2 Å². The summed E-state index contributed by atoms with van der Waals surface area (Å²) in [6.07, 6.45) is -1.04. The third-order valence-corrected chi connectivity index (χ3v) is 9.74. The lowest BCUT2D eigenvalue weighted by Gasteiger charge is -2.39. The Morgan fingerprint density at radius 1 is 1.13 bits per heavy atom. The summed E-state index contributed by atoms with van der Waals surface area (Å²) in [6.45, 7) is 11.7. The standard InChI is InChI=1S/C29H37NO8/c1-24(2,3)37-23(34)30-18(16-10-8-7-9-11-16)19(31)21(32)36-20-17-12-25(4,5)13-29(17)26(6,38-29)28-14-27(20,28)15-35-22(28)33/h7-11,17-20,31H,12-15H2,1-6H3,(H,30,34)/t17-,18-,19+,20-,26+,27+,28-,29-/m0/s1. The lowest BCUT2D eigenvalue weighted by molar-refractivity contribution is -0.172. The summed E-state index contributed by atoms with van der Waals surface area (Å²) >= 11 is 0. The van der Waals surface area contributed by atoms with E-state index in [1.54, 1.807) is 51.1 Å². The van der Waals surface area contributed by atoms with Crippen LogP contribution in [0, 0.1) is 22.2 Å². The van der Waals surface area contributed by atoms with Crippen LogP contribution in [-0.4, -0.2) is 58.8 Å². The second kappa shape index (κ2) is 7.50. The summed E-state index contributed by atoms with van der Waals surface area (Å²) in [7, 11) is 0. The minimum absolute atomic E-state index is 0.0567. The quantitative estimate of drug-likeness (QED) is 0.339. The van der Waals surface area contributed by atoms with Gasteiger partial charge in [-0.2, -0.15) is 0 Å². The normalized spacial score (nSPS) is 40.9. The van der Waals surface area contributed by atoms with Gasteiger partial charge in [0.1, 0.15) is 34.9 Å². The minimum atomic E-state index is -1.70. The third kappa shape index (κ3) is 3.21. The average Bonchev–Trinajstić information content (AvgIpc) is 3.61. The van der Waals surface area contributed by atoms with Crippen LogP contribution in [0.5, 0.6) is 0 Å². The molecule has 9 heteroatoms. The Kier molecular flexibility index (Phi) is 5.06. The molecule has 5 fully saturated rings. The lowest BCUT2D eigenvalue weighted by atomic mass is 9.63. The molecule has 206 valence electrons. The molecule has 3 aliphatic carbocycles. The third-order valence-electron chi connectivity index (χ3n) is 9.74. The average molecular weight is 528 g/mol. The second-order valence-corrected chi connectivity index (χ2v) is 13.8. The van der Waals surface area contributed by atoms with Crippen molar-refractivity contribution < 1.29 is 38.4 Å². The van der Waals surface area contributed by atoms with Crippen molar-refractivity contribution in [2.24, 2.45) is 22.2 Å². The molecule has 8 atom stereocenters. The number of hydrogen-bond donors (Lipinski definition) is 2. The van der Waals surface area contributed by atoms with Gasteiger partial charge < -0.3 is 29.4 Å². The molecule has 5 aliphatic rings. The van der Waals surface area contributed by atoms with Crippen molar-refractivity contribution in [3.05, 3.63) is 35.9 Å². The van der Waals surface area contributed by atoms with Gasteiger partial charge in [0.25, 0.3) is 0 Å². The molecule has 2 aliphatic heterocycles. The lowest BCUT2D eigenvalue weighted by Crippen LogP contribution is -2.55. The first-order chi connectivity index (χ1) is 17.6. The van der Waals surface area contributed by atoms with Crippen molar-refractivity contribution in [2.45, 2.75) is 95.9 Å². The summed E-state index contributed by atoms with van der Waals surface area (Å²) in [5, 5.41) is 13.9. The molecule has 6 rings (SSSR count). The number of benzene rings is 1. The van der Waals surface area contributed by atoms with Gasteiger partial charge >= 0.3 is 18.0 Å². The zero-order valence-corrected chi connectivity index (χ0v) is 22.8. The molecular weight excluding hydrogens is 490 g/mol. The Balaban J connectivity index is 1.29. The van der Waals surface area contributed by atoms with Gasteiger partial charge in [-0.05, 0) is 57.9 Å². The molecule has 0 bridgehead atoms. The van der Waals surface area contributed by atoms with E-state index in [-0.39, 0.29) is 23.9 Å². The fraction of sp³-hybridized carbons (Fsp3) is 0.690. The molecule has 0 radical (unpaired) electrons. The Hall–Kier alpha value is -2.65. The maximum absolute atomic E-state index is 13.6. The molecule has 0 aromatic heterocycles. The predicted octanol–water partition coefficient (Wildman–Crippen LogP) is 3.44. The highest BCUT2D eigenvalue weighted by Crippen LogP contribution is 2.90. The minimum Gasteiger partial charge on any atom is -0.464 e. The van der Waals surface area contributed by atoms with Gasteiger partial charge in [0.15, 0.2) is 6.10 Å². The largest absolute Gasteiger partial charge is 0.464 e. The van der Waals surface area contributed by atoms with Crippen molar-refractivity contribution in [3.63, 3.8) is 0 Å². The van der Waals surface area contributed by atoms with Crippen molar-refractivity contribution in [3.8, 4) is 0 Å². The van der Waals surface area contributed by atoms with Gasteiger partial charge in [-0.25, -0.2) is 9.59 Å². The van der Waals surface area contributed by atoms with Crippen LogP contribution < -0.4 is 5.32 Å². The Bertz CT molecular complexity index is 1210. The fourth-order valence-electron chi connectivity index (χ4n) is 8.26. The highest BCUT2D eigenvalue weighted by molar-refractivity contribution is 5.89. The van der Waals surface area contributed by atoms with Crippen LogP contribution in [0.4, 0.5) is 4.79 Å². The summed E-state index contributed by atoms with van der Waals surface area (Å²) < 4.78 is 23.6. The van der Waals surface area contributed by atoms with Crippen LogP contribution in [0.3, 0.4) is 0 Å². The Morgan fingerprint density at radius 3 is 2.47 bits per heavy atom. The first kappa shape index (κ1) is 25.6. The van der Waals surface area contributed by atoms with E-state index in [0.29, 0.717) is 12.0 Å². The van der Waals surface area contributed by atoms with E-state index in [0.717, 1.165) is 12.8 Å². The number of epoxide rings is 1. The molecule has 1 spiro atoms. The van der Waals surface area contributed by atoms with E-state index < -0.39 is 57.9 Å². The van der Waals surface area contributed by atoms with E-state index in [4.69, 9.17) is 18.9 Å². The molecule has 3 saturated carbocycles. The Labute approximate surface area is 222 Å². The number of hydrogen-bond acceptors (Lipinski definition) is 8. The van der Waals surface area contributed by atoms with E-state index in [1.807, 2.05) is 6.92 Å². The molecule has 2 saturated heterocycles. The van der Waals surface area contributed by atoms with Crippen LogP contribution in [0.2, 0.25) is 0 Å². The monoisotopic (exact) mass is 527 g/mol. The maximum Gasteiger partial charge on any atom is 0.408 e. The molecule has 1 aromatic carbocycles. The number of nitrogens with one attached hydrogen (secondary N) is 1. The van der Waals surface area contributed by atoms with Gasteiger partial charge in [0.2, 0.25) is 0 Å². The zero-order valence-electron chi connectivity index (χ0n) is 22.8. The van der Waals surface area contributed by atoms with Crippen molar-refractivity contribution in [1.82, 2.24) is 5.32 Å². The van der Waals surface area contributed by atoms with Crippen LogP contribution in [0.1, 0.15) is 72.4 Å². The maximum atomic E-state index is 13.6. The van der Waals surface area contributed by atoms with Crippen molar-refractivity contribution in [2.75, 3.05) is 6.61 Å². The summed E-state index contributed by atoms with van der Waals surface area (Å²) in [5.74, 6) is -1.27. The van der Waals surface area contributed by atoms with Crippen LogP contribution in [0.25, 0.3) is 0 Å². The molecule has 0 unspecified atom stereocenters. The SMILES string of the molecule is CC1(C)C[C@H]2[C@H](OC(=O)[C@H](O)[C@@H](NC(=O)OC(C)(C)C)c3ccccc3)[C@@]34COC(=O)[C@@]3(C4)[C@@]3(C)O[C@@]23C1. The van der Waals surface area contributed by atoms with Crippen LogP contribution >= 0.6 is 0 Å². The second-order valence-electron chi connectivity index (χ2n) is 13.8. The molecule has 38 heavy (non-hydrogen) atoms. The van der Waals surface area contributed by atoms with Crippen molar-refractivity contribution >= 4 is 18.0 Å². The summed E-state index contributed by atoms with van der Waals surface area (Å²) in [5.41, 5.74) is -2.99. The number of aliphatic hydroxyl groups is 1. The van der Waals surface area contributed by atoms with E-state index >= 15 is 0 Å². The van der Waals surface area contributed by atoms with E-state index in [1.165, 1.54) is 0 Å². The molecule has 2 N–H and O–H groups in total. The molecule has 1 amide bonds. The topological polar surface area (TPSA) is 124 Å². The summed E-state index contributed by atoms with van der Waals surface area (Å²) in [6, 6.07) is 7.65. The molecule has 1 aromatic rings. The number of ether oxygens (including phenoxy) is 4. The smallest absolute Gasteiger partial charge is 0.408 e. The summed E-state index contributed by atoms with van der Waals surface area (Å²) in [4.78, 5) is 39.4. The number of rotatable bonds is 5. The van der Waals surface area contributed by atoms with Crippen LogP contribution in [0.15, 0.2) is 30.3 Å².